The number of nitrogens with one attached hydrogen (secondary N) is 1. The van der Waals surface area contributed by atoms with Crippen molar-refractivity contribution in [1.29, 1.82) is 0 Å². The van der Waals surface area contributed by atoms with Crippen LogP contribution in [-0.2, 0) is 0 Å². The van der Waals surface area contributed by atoms with Crippen LogP contribution in [-0.4, -0.2) is 17.8 Å². The maximum atomic E-state index is 12.9. The van der Waals surface area contributed by atoms with Crippen molar-refractivity contribution in [3.63, 3.8) is 0 Å². The molecule has 0 heterocycles. The predicted octanol–water partition coefficient (Wildman–Crippen LogP) is 3.42. The molecule has 0 saturated carbocycles. The molecular formula is C12H14ClFINO. The number of rotatable bonds is 4. The molecule has 0 aliphatic rings. The first-order chi connectivity index (χ1) is 7.95. The second kappa shape index (κ2) is 6.54. The van der Waals surface area contributed by atoms with Gasteiger partial charge in [0.15, 0.2) is 0 Å². The quantitative estimate of drug-likeness (QED) is 0.639. The predicted molar refractivity (Wildman–Crippen MR) is 75.9 cm³/mol. The molecule has 0 radical (unpaired) electrons. The van der Waals surface area contributed by atoms with Gasteiger partial charge in [-0.1, -0.05) is 6.92 Å². The number of hydrogen-bond donors (Lipinski definition) is 1. The molecule has 0 fully saturated rings. The van der Waals surface area contributed by atoms with Crippen molar-refractivity contribution >= 4 is 40.1 Å². The Labute approximate surface area is 119 Å². The van der Waals surface area contributed by atoms with E-state index in [2.05, 4.69) is 5.32 Å². The SMILES string of the molecule is CC(CCl)C(C)NC(=O)c1ccc(F)cc1I. The zero-order chi connectivity index (χ0) is 13.0. The summed E-state index contributed by atoms with van der Waals surface area (Å²) in [6, 6.07) is 4.10. The lowest BCUT2D eigenvalue weighted by molar-refractivity contribution is 0.0930. The molecular weight excluding hydrogens is 355 g/mol. The van der Waals surface area contributed by atoms with Gasteiger partial charge in [-0.05, 0) is 53.6 Å². The van der Waals surface area contributed by atoms with E-state index >= 15 is 0 Å². The van der Waals surface area contributed by atoms with Crippen molar-refractivity contribution in [3.05, 3.63) is 33.1 Å². The Hall–Kier alpha value is -0.360. The Balaban J connectivity index is 2.76. The van der Waals surface area contributed by atoms with Gasteiger partial charge in [-0.2, -0.15) is 0 Å². The van der Waals surface area contributed by atoms with Gasteiger partial charge in [-0.25, -0.2) is 4.39 Å². The highest BCUT2D eigenvalue weighted by atomic mass is 127. The van der Waals surface area contributed by atoms with Gasteiger partial charge in [0.05, 0.1) is 5.56 Å². The molecule has 0 aromatic heterocycles. The highest BCUT2D eigenvalue weighted by Crippen LogP contribution is 2.14. The summed E-state index contributed by atoms with van der Waals surface area (Å²) in [7, 11) is 0. The minimum Gasteiger partial charge on any atom is -0.349 e. The van der Waals surface area contributed by atoms with Crippen LogP contribution in [0.2, 0.25) is 0 Å². The van der Waals surface area contributed by atoms with Crippen LogP contribution in [0.4, 0.5) is 4.39 Å². The highest BCUT2D eigenvalue weighted by molar-refractivity contribution is 14.1. The summed E-state index contributed by atoms with van der Waals surface area (Å²) in [5.74, 6) is 0.146. The maximum absolute atomic E-state index is 12.9. The molecule has 94 valence electrons. The van der Waals surface area contributed by atoms with Crippen LogP contribution >= 0.6 is 34.2 Å². The molecule has 1 rings (SSSR count). The Morgan fingerprint density at radius 2 is 2.18 bits per heavy atom. The average Bonchev–Trinajstić information content (AvgIpc) is 2.27. The molecule has 0 saturated heterocycles. The summed E-state index contributed by atoms with van der Waals surface area (Å²) in [5, 5.41) is 2.86. The lowest BCUT2D eigenvalue weighted by atomic mass is 10.1. The number of hydrogen-bond acceptors (Lipinski definition) is 1. The third-order valence-electron chi connectivity index (χ3n) is 2.63. The molecule has 2 atom stereocenters. The first-order valence-corrected chi connectivity index (χ1v) is 6.89. The summed E-state index contributed by atoms with van der Waals surface area (Å²) < 4.78 is 13.5. The molecule has 0 bridgehead atoms. The number of carbonyl (C=O) groups is 1. The van der Waals surface area contributed by atoms with E-state index in [0.717, 1.165) is 0 Å². The lowest BCUT2D eigenvalue weighted by Gasteiger charge is -2.19. The van der Waals surface area contributed by atoms with Crippen LogP contribution in [0, 0.1) is 15.3 Å². The van der Waals surface area contributed by atoms with E-state index in [9.17, 15) is 9.18 Å². The largest absolute Gasteiger partial charge is 0.349 e. The van der Waals surface area contributed by atoms with Crippen LogP contribution in [0.15, 0.2) is 18.2 Å². The van der Waals surface area contributed by atoms with Gasteiger partial charge in [-0.3, -0.25) is 4.79 Å². The van der Waals surface area contributed by atoms with Crippen molar-refractivity contribution < 1.29 is 9.18 Å². The fraction of sp³-hybridized carbons (Fsp3) is 0.417. The molecule has 17 heavy (non-hydrogen) atoms. The Bertz CT molecular complexity index is 413. The molecule has 2 unspecified atom stereocenters. The van der Waals surface area contributed by atoms with E-state index in [1.807, 2.05) is 36.4 Å². The standard InChI is InChI=1S/C12H14ClFINO/c1-7(6-13)8(2)16-12(17)10-4-3-9(14)5-11(10)15/h3-5,7-8H,6H2,1-2H3,(H,16,17). The van der Waals surface area contributed by atoms with Crippen molar-refractivity contribution in [2.45, 2.75) is 19.9 Å². The van der Waals surface area contributed by atoms with Crippen LogP contribution < -0.4 is 5.32 Å². The lowest BCUT2D eigenvalue weighted by Crippen LogP contribution is -2.38. The van der Waals surface area contributed by atoms with Crippen molar-refractivity contribution in [1.82, 2.24) is 5.32 Å². The first kappa shape index (κ1) is 14.7. The van der Waals surface area contributed by atoms with E-state index in [1.165, 1.54) is 18.2 Å². The molecule has 1 aromatic rings. The van der Waals surface area contributed by atoms with E-state index in [1.54, 1.807) is 0 Å². The Morgan fingerprint density at radius 3 is 2.71 bits per heavy atom. The zero-order valence-corrected chi connectivity index (χ0v) is 12.5. The molecule has 1 amide bonds. The molecule has 2 nitrogen and oxygen atoms in total. The van der Waals surface area contributed by atoms with Crippen molar-refractivity contribution in [3.8, 4) is 0 Å². The summed E-state index contributed by atoms with van der Waals surface area (Å²) >= 11 is 7.67. The van der Waals surface area contributed by atoms with Crippen LogP contribution in [0.3, 0.4) is 0 Å². The van der Waals surface area contributed by atoms with Gasteiger partial charge in [0.25, 0.3) is 5.91 Å². The van der Waals surface area contributed by atoms with Crippen LogP contribution in [0.25, 0.3) is 0 Å². The van der Waals surface area contributed by atoms with Crippen molar-refractivity contribution in [2.24, 2.45) is 5.92 Å². The zero-order valence-electron chi connectivity index (χ0n) is 9.64. The van der Waals surface area contributed by atoms with Gasteiger partial charge in [-0.15, -0.1) is 11.6 Å². The molecule has 1 N–H and O–H groups in total. The summed E-state index contributed by atoms with van der Waals surface area (Å²) in [6.45, 7) is 3.87. The number of carbonyl (C=O) groups excluding carboxylic acids is 1. The Kier molecular flexibility index (Phi) is 5.66. The third kappa shape index (κ3) is 4.10. The second-order valence-corrected chi connectivity index (χ2v) is 5.49. The highest BCUT2D eigenvalue weighted by Gasteiger charge is 2.16. The van der Waals surface area contributed by atoms with E-state index in [-0.39, 0.29) is 23.7 Å². The summed E-state index contributed by atoms with van der Waals surface area (Å²) in [5.41, 5.74) is 0.487. The van der Waals surface area contributed by atoms with E-state index in [0.29, 0.717) is 15.0 Å². The van der Waals surface area contributed by atoms with Gasteiger partial charge < -0.3 is 5.32 Å². The van der Waals surface area contributed by atoms with Crippen LogP contribution in [0.1, 0.15) is 24.2 Å². The minimum atomic E-state index is -0.340. The van der Waals surface area contributed by atoms with Gasteiger partial charge in [0.2, 0.25) is 0 Å². The average molecular weight is 370 g/mol. The molecule has 0 aliphatic carbocycles. The molecule has 5 heteroatoms. The topological polar surface area (TPSA) is 29.1 Å². The van der Waals surface area contributed by atoms with Crippen molar-refractivity contribution in [2.75, 3.05) is 5.88 Å². The monoisotopic (exact) mass is 369 g/mol. The number of alkyl halides is 1. The normalized spacial score (nSPS) is 14.2. The summed E-state index contributed by atoms with van der Waals surface area (Å²) in [6.07, 6.45) is 0. The molecule has 0 spiro atoms. The molecule has 0 aliphatic heterocycles. The smallest absolute Gasteiger partial charge is 0.252 e. The minimum absolute atomic E-state index is 0.0131. The Morgan fingerprint density at radius 1 is 1.53 bits per heavy atom. The molecule has 1 aromatic carbocycles. The van der Waals surface area contributed by atoms with Gasteiger partial charge in [0.1, 0.15) is 5.82 Å². The summed E-state index contributed by atoms with van der Waals surface area (Å²) in [4.78, 5) is 11.9. The van der Waals surface area contributed by atoms with E-state index in [4.69, 9.17) is 11.6 Å². The third-order valence-corrected chi connectivity index (χ3v) is 4.01. The second-order valence-electron chi connectivity index (χ2n) is 4.02. The fourth-order valence-corrected chi connectivity index (χ4v) is 2.22. The first-order valence-electron chi connectivity index (χ1n) is 5.27. The van der Waals surface area contributed by atoms with Gasteiger partial charge in [0, 0.05) is 15.5 Å². The van der Waals surface area contributed by atoms with Crippen LogP contribution in [0.5, 0.6) is 0 Å². The number of amides is 1. The number of benzene rings is 1. The van der Waals surface area contributed by atoms with Gasteiger partial charge >= 0.3 is 0 Å². The fourth-order valence-electron chi connectivity index (χ4n) is 1.23. The maximum Gasteiger partial charge on any atom is 0.252 e. The number of halogens is 3. The van der Waals surface area contributed by atoms with E-state index < -0.39 is 0 Å².